The number of carbonyl (C=O) groups is 3. The fourth-order valence-electron chi connectivity index (χ4n) is 5.40. The average Bonchev–Trinajstić information content (AvgIpc) is 3.45. The molecule has 1 atom stereocenters. The molecule has 3 aromatic carbocycles. The third-order valence-electron chi connectivity index (χ3n) is 7.90. The van der Waals surface area contributed by atoms with Gasteiger partial charge in [-0.05, 0) is 67.6 Å². The van der Waals surface area contributed by atoms with Crippen LogP contribution in [0.1, 0.15) is 51.0 Å². The Morgan fingerprint density at radius 1 is 0.891 bits per heavy atom. The fourth-order valence-corrected chi connectivity index (χ4v) is 5.40. The number of H-pyrrole nitrogens is 1. The van der Waals surface area contributed by atoms with E-state index in [1.807, 2.05) is 61.5 Å². The van der Waals surface area contributed by atoms with E-state index in [2.05, 4.69) is 50.5 Å². The van der Waals surface area contributed by atoms with Gasteiger partial charge in [-0.1, -0.05) is 67.4 Å². The lowest BCUT2D eigenvalue weighted by Gasteiger charge is -2.19. The minimum Gasteiger partial charge on any atom is -0.497 e. The number of unbranched alkanes of at least 4 members (excludes halogenated alkanes) is 2. The van der Waals surface area contributed by atoms with Gasteiger partial charge in [0.15, 0.2) is 0 Å². The molecule has 0 saturated carbocycles. The molecular weight excluding hydrogens is 578 g/mol. The van der Waals surface area contributed by atoms with Crippen molar-refractivity contribution in [2.75, 3.05) is 26.0 Å². The first-order valence-electron chi connectivity index (χ1n) is 15.9. The van der Waals surface area contributed by atoms with E-state index in [-0.39, 0.29) is 24.1 Å². The van der Waals surface area contributed by atoms with Crippen molar-refractivity contribution < 1.29 is 19.1 Å². The Hall–Kier alpha value is -5.05. The zero-order valence-corrected chi connectivity index (χ0v) is 27.0. The molecule has 0 saturated heterocycles. The van der Waals surface area contributed by atoms with Crippen LogP contribution in [0.2, 0.25) is 0 Å². The predicted octanol–water partition coefficient (Wildman–Crippen LogP) is 6.09. The molecule has 4 rings (SSSR count). The topological polar surface area (TPSA) is 124 Å². The summed E-state index contributed by atoms with van der Waals surface area (Å²) in [5.41, 5.74) is 6.03. The van der Waals surface area contributed by atoms with Crippen LogP contribution in [-0.2, 0) is 20.8 Å². The first-order chi connectivity index (χ1) is 22.4. The molecular formula is C37H45N5O4. The average molecular weight is 624 g/mol. The molecule has 1 aromatic heterocycles. The highest BCUT2D eigenvalue weighted by Crippen LogP contribution is 2.30. The Kier molecular flexibility index (Phi) is 12.8. The van der Waals surface area contributed by atoms with Crippen molar-refractivity contribution >= 4 is 34.3 Å². The second kappa shape index (κ2) is 17.4. The minimum absolute atomic E-state index is 0.000144. The van der Waals surface area contributed by atoms with Crippen LogP contribution in [-0.4, -0.2) is 49.4 Å². The molecule has 0 aliphatic heterocycles. The molecule has 0 unspecified atom stereocenters. The van der Waals surface area contributed by atoms with Crippen molar-refractivity contribution in [1.29, 1.82) is 0 Å². The Morgan fingerprint density at radius 2 is 1.63 bits per heavy atom. The third-order valence-corrected chi connectivity index (χ3v) is 7.90. The van der Waals surface area contributed by atoms with Gasteiger partial charge in [0.2, 0.25) is 17.7 Å². The highest BCUT2D eigenvalue weighted by molar-refractivity contribution is 5.91. The van der Waals surface area contributed by atoms with Gasteiger partial charge in [0, 0.05) is 54.4 Å². The number of anilines is 1. The van der Waals surface area contributed by atoms with Gasteiger partial charge < -0.3 is 31.0 Å². The summed E-state index contributed by atoms with van der Waals surface area (Å²) < 4.78 is 5.20. The molecule has 4 aromatic rings. The van der Waals surface area contributed by atoms with Gasteiger partial charge in [0.05, 0.1) is 7.11 Å². The number of para-hydroxylation sites is 1. The van der Waals surface area contributed by atoms with E-state index in [4.69, 9.17) is 4.74 Å². The number of nitrogens with one attached hydrogen (secondary N) is 5. The summed E-state index contributed by atoms with van der Waals surface area (Å²) in [6, 6.07) is 25.2. The molecule has 242 valence electrons. The largest absolute Gasteiger partial charge is 0.497 e. The van der Waals surface area contributed by atoms with Crippen LogP contribution in [0.3, 0.4) is 0 Å². The van der Waals surface area contributed by atoms with Crippen LogP contribution < -0.4 is 26.0 Å². The Bertz CT molecular complexity index is 1610. The Morgan fingerprint density at radius 3 is 2.37 bits per heavy atom. The fraction of sp³-hybridized carbons (Fsp3) is 0.324. The van der Waals surface area contributed by atoms with E-state index in [0.29, 0.717) is 32.2 Å². The number of amides is 3. The van der Waals surface area contributed by atoms with E-state index in [9.17, 15) is 14.4 Å². The first kappa shape index (κ1) is 33.8. The number of hydrogen-bond donors (Lipinski definition) is 5. The number of fused-ring (bicyclic) bond motifs is 1. The highest BCUT2D eigenvalue weighted by atomic mass is 16.5. The van der Waals surface area contributed by atoms with Gasteiger partial charge in [-0.25, -0.2) is 0 Å². The second-order valence-corrected chi connectivity index (χ2v) is 11.3. The molecule has 0 bridgehead atoms. The van der Waals surface area contributed by atoms with E-state index >= 15 is 0 Å². The summed E-state index contributed by atoms with van der Waals surface area (Å²) in [6.07, 6.45) is 5.72. The maximum Gasteiger partial charge on any atom is 0.242 e. The van der Waals surface area contributed by atoms with Crippen LogP contribution in [0.15, 0.2) is 90.6 Å². The second-order valence-electron chi connectivity index (χ2n) is 11.3. The number of allylic oxidation sites excluding steroid dienone is 1. The van der Waals surface area contributed by atoms with E-state index < -0.39 is 6.04 Å². The van der Waals surface area contributed by atoms with Crippen LogP contribution in [0.25, 0.3) is 22.2 Å². The van der Waals surface area contributed by atoms with Crippen LogP contribution >= 0.6 is 0 Å². The van der Waals surface area contributed by atoms with E-state index in [1.165, 1.54) is 0 Å². The molecule has 9 heteroatoms. The van der Waals surface area contributed by atoms with Gasteiger partial charge in [0.25, 0.3) is 0 Å². The van der Waals surface area contributed by atoms with Crippen LogP contribution in [0.5, 0.6) is 5.75 Å². The molecule has 0 fully saturated rings. The third kappa shape index (κ3) is 9.99. The van der Waals surface area contributed by atoms with Gasteiger partial charge in [0.1, 0.15) is 11.8 Å². The molecule has 0 radical (unpaired) electrons. The Balaban J connectivity index is 1.37. The zero-order valence-electron chi connectivity index (χ0n) is 27.0. The van der Waals surface area contributed by atoms with Gasteiger partial charge >= 0.3 is 0 Å². The maximum absolute atomic E-state index is 13.4. The normalized spacial score (nSPS) is 11.9. The van der Waals surface area contributed by atoms with Crippen molar-refractivity contribution in [2.24, 2.45) is 0 Å². The smallest absolute Gasteiger partial charge is 0.242 e. The summed E-state index contributed by atoms with van der Waals surface area (Å²) in [5, 5.41) is 13.1. The number of ether oxygens (including phenoxy) is 1. The number of rotatable bonds is 17. The van der Waals surface area contributed by atoms with Crippen molar-refractivity contribution in [2.45, 2.75) is 57.9 Å². The number of hydrogen-bond acceptors (Lipinski definition) is 5. The molecule has 3 amide bonds. The first-order valence-corrected chi connectivity index (χ1v) is 15.9. The van der Waals surface area contributed by atoms with Crippen molar-refractivity contribution in [1.82, 2.24) is 20.9 Å². The summed E-state index contributed by atoms with van der Waals surface area (Å²) in [6.45, 7) is 2.32. The molecule has 46 heavy (non-hydrogen) atoms. The van der Waals surface area contributed by atoms with Crippen LogP contribution in [0.4, 0.5) is 5.69 Å². The maximum atomic E-state index is 13.4. The van der Waals surface area contributed by atoms with E-state index in [1.54, 1.807) is 20.2 Å². The zero-order chi connectivity index (χ0) is 32.7. The SMILES string of the molecule is CNC(=O)CCCCC[C@H](NC(=O)C/C=C(\C)Nc1ccc(OC)cc1)C(=O)NCCc1c(-c2ccccc2)[nH]c2ccccc12. The summed E-state index contributed by atoms with van der Waals surface area (Å²) in [7, 11) is 3.25. The Labute approximate surface area is 271 Å². The van der Waals surface area contributed by atoms with Gasteiger partial charge in [-0.15, -0.1) is 0 Å². The van der Waals surface area contributed by atoms with Crippen LogP contribution in [0, 0.1) is 0 Å². The molecule has 1 heterocycles. The number of aromatic nitrogens is 1. The van der Waals surface area contributed by atoms with Crippen molar-refractivity contribution in [3.05, 3.63) is 96.2 Å². The lowest BCUT2D eigenvalue weighted by atomic mass is 10.0. The summed E-state index contributed by atoms with van der Waals surface area (Å²) in [4.78, 5) is 41.6. The molecule has 0 aliphatic carbocycles. The number of aromatic amines is 1. The molecule has 0 spiro atoms. The monoisotopic (exact) mass is 623 g/mol. The van der Waals surface area contributed by atoms with Crippen molar-refractivity contribution in [3.63, 3.8) is 0 Å². The lowest BCUT2D eigenvalue weighted by molar-refractivity contribution is -0.128. The molecule has 5 N–H and O–H groups in total. The van der Waals surface area contributed by atoms with Gasteiger partial charge in [-0.3, -0.25) is 14.4 Å². The highest BCUT2D eigenvalue weighted by Gasteiger charge is 2.21. The summed E-state index contributed by atoms with van der Waals surface area (Å²) >= 11 is 0. The number of methoxy groups -OCH3 is 1. The number of benzene rings is 3. The lowest BCUT2D eigenvalue weighted by Crippen LogP contribution is -2.47. The van der Waals surface area contributed by atoms with E-state index in [0.717, 1.165) is 57.7 Å². The van der Waals surface area contributed by atoms with Crippen molar-refractivity contribution in [3.8, 4) is 17.0 Å². The summed E-state index contributed by atoms with van der Waals surface area (Å²) in [5.74, 6) is 0.324. The molecule has 9 nitrogen and oxygen atoms in total. The quantitative estimate of drug-likeness (QED) is 0.0911. The standard InChI is InChI=1S/C37H45N5O4/c1-26(40-28-19-21-29(46-3)22-20-28)18-23-35(44)41-33(16-8-5-9-17-34(43)38-2)37(45)39-25-24-31-30-14-10-11-15-32(30)42-36(31)27-12-6-4-7-13-27/h4,6-7,10-15,18-22,33,40,42H,5,8-9,16-17,23-25H2,1-3H3,(H,38,43)(H,39,45)(H,41,44)/b26-18+/t33-/m0/s1. The molecule has 0 aliphatic rings. The predicted molar refractivity (Wildman–Crippen MR) is 185 cm³/mol. The number of carbonyl (C=O) groups excluding carboxylic acids is 3. The van der Waals surface area contributed by atoms with Gasteiger partial charge in [-0.2, -0.15) is 0 Å². The minimum atomic E-state index is -0.674.